The number of ether oxygens (including phenoxy) is 1. The Bertz CT molecular complexity index is 1400. The molecule has 1 heterocycles. The summed E-state index contributed by atoms with van der Waals surface area (Å²) in [6, 6.07) is 26.7. The molecule has 0 N–H and O–H groups in total. The zero-order chi connectivity index (χ0) is 27.9. The van der Waals surface area contributed by atoms with Gasteiger partial charge in [-0.3, -0.25) is 0 Å². The van der Waals surface area contributed by atoms with Crippen molar-refractivity contribution in [2.45, 2.75) is 79.6 Å². The monoisotopic (exact) mass is 596 g/mol. The summed E-state index contributed by atoms with van der Waals surface area (Å²) >= 11 is 3.61. The molecule has 4 aromatic carbocycles. The van der Waals surface area contributed by atoms with Crippen LogP contribution in [0, 0.1) is 20.8 Å². The van der Waals surface area contributed by atoms with Crippen molar-refractivity contribution in [2.75, 3.05) is 13.2 Å². The van der Waals surface area contributed by atoms with Crippen molar-refractivity contribution < 1.29 is 4.74 Å². The Hall–Kier alpha value is -2.68. The van der Waals surface area contributed by atoms with Gasteiger partial charge in [0.15, 0.2) is 0 Å². The maximum absolute atomic E-state index is 4.94. The molecule has 0 amide bonds. The van der Waals surface area contributed by atoms with E-state index in [1.807, 2.05) is 0 Å². The Labute approximate surface area is 251 Å². The Morgan fingerprint density at radius 2 is 1.05 bits per heavy atom. The lowest BCUT2D eigenvalue weighted by molar-refractivity contribution is 0.198. The summed E-state index contributed by atoms with van der Waals surface area (Å²) in [5.41, 5.74) is 15.9. The van der Waals surface area contributed by atoms with Crippen molar-refractivity contribution in [1.29, 1.82) is 0 Å². The fraction of sp³-hybridized carbons (Fsp3) is 0.368. The van der Waals surface area contributed by atoms with E-state index in [1.54, 1.807) is 0 Å². The predicted octanol–water partition coefficient (Wildman–Crippen LogP) is 11.1. The molecule has 0 radical (unpaired) electrons. The first-order valence-electron chi connectivity index (χ1n) is 14.2. The van der Waals surface area contributed by atoms with E-state index in [4.69, 9.17) is 4.74 Å². The zero-order valence-corrected chi connectivity index (χ0v) is 26.1. The Balaban J connectivity index is 0.000000154. The van der Waals surface area contributed by atoms with Gasteiger partial charge in [-0.1, -0.05) is 117 Å². The molecule has 2 heteroatoms. The highest BCUT2D eigenvalue weighted by Gasteiger charge is 2.37. The number of benzene rings is 4. The predicted molar refractivity (Wildman–Crippen MR) is 177 cm³/mol. The molecule has 3 aliphatic rings. The lowest BCUT2D eigenvalue weighted by Crippen LogP contribution is -2.15. The van der Waals surface area contributed by atoms with Gasteiger partial charge in [0.05, 0.1) is 0 Å². The van der Waals surface area contributed by atoms with Crippen LogP contribution in [0.4, 0.5) is 0 Å². The third-order valence-electron chi connectivity index (χ3n) is 8.69. The molecule has 1 saturated heterocycles. The average molecular weight is 598 g/mol. The average Bonchev–Trinajstić information content (AvgIpc) is 3.59. The second-order valence-electron chi connectivity index (χ2n) is 12.3. The van der Waals surface area contributed by atoms with Gasteiger partial charge in [-0.25, -0.2) is 0 Å². The number of hydrogen-bond acceptors (Lipinski definition) is 1. The summed E-state index contributed by atoms with van der Waals surface area (Å²) in [4.78, 5) is 0. The van der Waals surface area contributed by atoms with E-state index in [0.717, 1.165) is 13.2 Å². The second kappa shape index (κ2) is 11.7. The maximum Gasteiger partial charge on any atom is 0.0466 e. The smallest absolute Gasteiger partial charge is 0.0466 e. The molecule has 0 aromatic heterocycles. The van der Waals surface area contributed by atoms with Crippen LogP contribution < -0.4 is 0 Å². The summed E-state index contributed by atoms with van der Waals surface area (Å²) in [7, 11) is 0. The third-order valence-corrected chi connectivity index (χ3v) is 9.15. The van der Waals surface area contributed by atoms with Crippen LogP contribution in [-0.2, 0) is 15.6 Å². The van der Waals surface area contributed by atoms with Gasteiger partial charge in [-0.15, -0.1) is 0 Å². The topological polar surface area (TPSA) is 9.23 Å². The van der Waals surface area contributed by atoms with Crippen molar-refractivity contribution in [2.24, 2.45) is 0 Å². The van der Waals surface area contributed by atoms with Crippen LogP contribution in [0.3, 0.4) is 0 Å². The molecule has 4 aromatic rings. The summed E-state index contributed by atoms with van der Waals surface area (Å²) in [5.74, 6) is 0. The van der Waals surface area contributed by atoms with Gasteiger partial charge in [0.1, 0.15) is 0 Å². The minimum absolute atomic E-state index is 0. The van der Waals surface area contributed by atoms with E-state index in [-0.39, 0.29) is 18.3 Å². The van der Waals surface area contributed by atoms with E-state index in [9.17, 15) is 0 Å². The van der Waals surface area contributed by atoms with Gasteiger partial charge >= 0.3 is 0 Å². The lowest BCUT2D eigenvalue weighted by Gasteiger charge is -2.22. The molecule has 0 bridgehead atoms. The van der Waals surface area contributed by atoms with Crippen molar-refractivity contribution in [3.63, 3.8) is 0 Å². The minimum atomic E-state index is 0. The van der Waals surface area contributed by atoms with Crippen LogP contribution in [0.5, 0.6) is 0 Å². The number of hydrogen-bond donors (Lipinski definition) is 0. The SMILES string of the molecule is C.C1CCOC1.Cc1cc(Br)cc2c1-c1ccccc1C2(C)C.Cc1cc(C)c2c(c1)C(C)(C)c1ccccc1-2. The molecule has 0 atom stereocenters. The first-order chi connectivity index (χ1) is 18.5. The van der Waals surface area contributed by atoms with Gasteiger partial charge in [0.2, 0.25) is 0 Å². The Kier molecular flexibility index (Phi) is 8.83. The van der Waals surface area contributed by atoms with E-state index in [0.29, 0.717) is 0 Å². The van der Waals surface area contributed by atoms with Gasteiger partial charge in [0, 0.05) is 28.5 Å². The number of fused-ring (bicyclic) bond motifs is 6. The van der Waals surface area contributed by atoms with Crippen molar-refractivity contribution in [3.8, 4) is 22.3 Å². The van der Waals surface area contributed by atoms with Gasteiger partial charge in [-0.05, 0) is 101 Å². The van der Waals surface area contributed by atoms with Crippen molar-refractivity contribution in [1.82, 2.24) is 0 Å². The highest BCUT2D eigenvalue weighted by atomic mass is 79.9. The molecule has 0 spiro atoms. The van der Waals surface area contributed by atoms with Crippen LogP contribution in [-0.4, -0.2) is 13.2 Å². The van der Waals surface area contributed by atoms with Gasteiger partial charge in [-0.2, -0.15) is 0 Å². The largest absolute Gasteiger partial charge is 0.381 e. The zero-order valence-electron chi connectivity index (χ0n) is 24.5. The van der Waals surface area contributed by atoms with Crippen molar-refractivity contribution in [3.05, 3.63) is 116 Å². The number of aryl methyl sites for hydroxylation is 3. The first kappa shape index (κ1) is 30.3. The molecule has 7 rings (SSSR count). The molecule has 0 unspecified atom stereocenters. The van der Waals surface area contributed by atoms with Crippen LogP contribution in [0.2, 0.25) is 0 Å². The fourth-order valence-corrected chi connectivity index (χ4v) is 7.28. The first-order valence-corrected chi connectivity index (χ1v) is 15.0. The molecule has 1 nitrogen and oxygen atoms in total. The normalized spacial score (nSPS) is 16.2. The molecule has 1 fully saturated rings. The lowest BCUT2D eigenvalue weighted by atomic mass is 9.82. The number of rotatable bonds is 0. The molecular weight excluding hydrogens is 552 g/mol. The van der Waals surface area contributed by atoms with Crippen LogP contribution in [0.1, 0.15) is 86.9 Å². The van der Waals surface area contributed by atoms with E-state index >= 15 is 0 Å². The molecule has 1 aliphatic heterocycles. The van der Waals surface area contributed by atoms with E-state index in [2.05, 4.69) is 137 Å². The Morgan fingerprint density at radius 1 is 0.600 bits per heavy atom. The molecule has 0 saturated carbocycles. The summed E-state index contributed by atoms with van der Waals surface area (Å²) < 4.78 is 6.12. The molecule has 2 aliphatic carbocycles. The summed E-state index contributed by atoms with van der Waals surface area (Å²) in [6.07, 6.45) is 2.56. The van der Waals surface area contributed by atoms with Crippen LogP contribution in [0.25, 0.3) is 22.3 Å². The minimum Gasteiger partial charge on any atom is -0.381 e. The Morgan fingerprint density at radius 3 is 1.52 bits per heavy atom. The maximum atomic E-state index is 4.94. The molecular formula is C38H45BrO. The standard InChI is InChI=1S/C17H18.C16H15Br.C4H8O.CH4/c1-11-9-12(2)16-13-7-5-6-8-14(13)17(3,4)15(16)10-11;1-10-8-11(17)9-14-15(10)12-6-4-5-7-13(12)16(14,2)3;1-2-4-5-3-1;/h5-10H,1-4H3;4-9H,1-3H3;1-4H2;1H4. The van der Waals surface area contributed by atoms with Gasteiger partial charge < -0.3 is 4.74 Å². The van der Waals surface area contributed by atoms with Crippen LogP contribution >= 0.6 is 15.9 Å². The van der Waals surface area contributed by atoms with Crippen molar-refractivity contribution >= 4 is 15.9 Å². The highest BCUT2D eigenvalue weighted by Crippen LogP contribution is 2.51. The fourth-order valence-electron chi connectivity index (χ4n) is 6.70. The highest BCUT2D eigenvalue weighted by molar-refractivity contribution is 9.10. The van der Waals surface area contributed by atoms with E-state index in [1.165, 1.54) is 78.5 Å². The molecule has 40 heavy (non-hydrogen) atoms. The van der Waals surface area contributed by atoms with Crippen LogP contribution in [0.15, 0.2) is 77.3 Å². The summed E-state index contributed by atoms with van der Waals surface area (Å²) in [5, 5.41) is 0. The summed E-state index contributed by atoms with van der Waals surface area (Å²) in [6.45, 7) is 17.9. The third kappa shape index (κ3) is 5.33. The van der Waals surface area contributed by atoms with Gasteiger partial charge in [0.25, 0.3) is 0 Å². The quantitative estimate of drug-likeness (QED) is 0.196. The number of halogens is 1. The van der Waals surface area contributed by atoms with E-state index < -0.39 is 0 Å². The molecule has 210 valence electrons. The second-order valence-corrected chi connectivity index (χ2v) is 13.2.